The molecule has 0 fully saturated rings. The van der Waals surface area contributed by atoms with Crippen LogP contribution in [-0.2, 0) is 9.53 Å². The van der Waals surface area contributed by atoms with E-state index < -0.39 is 5.97 Å². The molecule has 0 spiro atoms. The summed E-state index contributed by atoms with van der Waals surface area (Å²) < 4.78 is 5.28. The zero-order valence-corrected chi connectivity index (χ0v) is 17.6. The summed E-state index contributed by atoms with van der Waals surface area (Å²) in [5.74, 6) is -0.412. The Balaban J connectivity index is 1.62. The molecule has 3 aromatic carbocycles. The summed E-state index contributed by atoms with van der Waals surface area (Å²) >= 11 is 0. The van der Waals surface area contributed by atoms with Gasteiger partial charge in [0.1, 0.15) is 0 Å². The molecule has 0 aliphatic rings. The molecule has 154 valence electrons. The van der Waals surface area contributed by atoms with Crippen molar-refractivity contribution < 1.29 is 14.3 Å². The van der Waals surface area contributed by atoms with Gasteiger partial charge in [-0.3, -0.25) is 4.79 Å². The van der Waals surface area contributed by atoms with Crippen molar-refractivity contribution in [1.82, 2.24) is 0 Å². The van der Waals surface area contributed by atoms with E-state index >= 15 is 0 Å². The fourth-order valence-corrected chi connectivity index (χ4v) is 3.18. The smallest absolute Gasteiger partial charge is 0.339 e. The first-order valence-corrected chi connectivity index (χ1v) is 10.2. The van der Waals surface area contributed by atoms with Gasteiger partial charge in [-0.15, -0.1) is 0 Å². The second kappa shape index (κ2) is 9.88. The first kappa shape index (κ1) is 21.3. The highest BCUT2D eigenvalue weighted by atomic mass is 16.5. The average molecular weight is 402 g/mol. The number of carbonyl (C=O) groups excluding carboxylic acids is 2. The number of anilines is 1. The van der Waals surface area contributed by atoms with Crippen molar-refractivity contribution in [3.05, 3.63) is 89.5 Å². The predicted molar refractivity (Wildman–Crippen MR) is 121 cm³/mol. The number of amides is 1. The van der Waals surface area contributed by atoms with Gasteiger partial charge >= 0.3 is 5.97 Å². The zero-order chi connectivity index (χ0) is 21.5. The Hall–Kier alpha value is -3.40. The molecule has 0 saturated heterocycles. The molecule has 0 aliphatic carbocycles. The van der Waals surface area contributed by atoms with Crippen LogP contribution in [0.4, 0.5) is 5.69 Å². The molecule has 1 atom stereocenters. The maximum absolute atomic E-state index is 12.6. The Morgan fingerprint density at radius 1 is 0.933 bits per heavy atom. The Labute approximate surface area is 177 Å². The average Bonchev–Trinajstić information content (AvgIpc) is 2.78. The van der Waals surface area contributed by atoms with Gasteiger partial charge in [-0.2, -0.15) is 0 Å². The van der Waals surface area contributed by atoms with Crippen molar-refractivity contribution in [3.63, 3.8) is 0 Å². The van der Waals surface area contributed by atoms with E-state index in [2.05, 4.69) is 19.2 Å². The monoisotopic (exact) mass is 401 g/mol. The fraction of sp³-hybridized carbons (Fsp3) is 0.231. The molecule has 4 heteroatoms. The van der Waals surface area contributed by atoms with E-state index in [-0.39, 0.29) is 12.5 Å². The summed E-state index contributed by atoms with van der Waals surface area (Å²) in [6.45, 7) is 5.99. The molecule has 0 aliphatic heterocycles. The summed E-state index contributed by atoms with van der Waals surface area (Å²) in [6.07, 6.45) is 1.06. The third-order valence-corrected chi connectivity index (χ3v) is 5.22. The van der Waals surface area contributed by atoms with Crippen LogP contribution >= 0.6 is 0 Å². The summed E-state index contributed by atoms with van der Waals surface area (Å²) in [5, 5.41) is 2.77. The van der Waals surface area contributed by atoms with E-state index in [1.165, 1.54) is 5.56 Å². The molecular weight excluding hydrogens is 374 g/mol. The Kier molecular flexibility index (Phi) is 7.02. The van der Waals surface area contributed by atoms with Gasteiger partial charge in [0.05, 0.1) is 5.56 Å². The molecule has 4 nitrogen and oxygen atoms in total. The first-order chi connectivity index (χ1) is 14.5. The standard InChI is InChI=1S/C26H27NO3/c1-4-19(3)20-13-15-22(16-14-20)27-25(28)17-30-26(29)24-8-6-5-7-23(24)21-11-9-18(2)10-12-21/h5-16,19H,4,17H2,1-3H3,(H,27,28). The lowest BCUT2D eigenvalue weighted by molar-refractivity contribution is -0.119. The van der Waals surface area contributed by atoms with Gasteiger partial charge in [-0.05, 0) is 54.2 Å². The van der Waals surface area contributed by atoms with Gasteiger partial charge in [0.15, 0.2) is 6.61 Å². The molecule has 1 N–H and O–H groups in total. The highest BCUT2D eigenvalue weighted by molar-refractivity contribution is 5.99. The van der Waals surface area contributed by atoms with Crippen LogP contribution in [0.2, 0.25) is 0 Å². The number of esters is 1. The predicted octanol–water partition coefficient (Wildman–Crippen LogP) is 5.97. The van der Waals surface area contributed by atoms with Crippen LogP contribution in [-0.4, -0.2) is 18.5 Å². The number of carbonyl (C=O) groups is 2. The van der Waals surface area contributed by atoms with Crippen LogP contribution in [0.15, 0.2) is 72.8 Å². The highest BCUT2D eigenvalue weighted by Crippen LogP contribution is 2.25. The van der Waals surface area contributed by atoms with Crippen molar-refractivity contribution in [2.45, 2.75) is 33.1 Å². The minimum Gasteiger partial charge on any atom is -0.452 e. The number of nitrogens with one attached hydrogen (secondary N) is 1. The van der Waals surface area contributed by atoms with Gasteiger partial charge in [0.2, 0.25) is 0 Å². The van der Waals surface area contributed by atoms with Gasteiger partial charge in [-0.25, -0.2) is 4.79 Å². The summed E-state index contributed by atoms with van der Waals surface area (Å²) in [4.78, 5) is 24.8. The highest BCUT2D eigenvalue weighted by Gasteiger charge is 2.15. The molecule has 0 bridgehead atoms. The SMILES string of the molecule is CCC(C)c1ccc(NC(=O)COC(=O)c2ccccc2-c2ccc(C)cc2)cc1. The number of hydrogen-bond acceptors (Lipinski definition) is 3. The van der Waals surface area contributed by atoms with Crippen molar-refractivity contribution in [1.29, 1.82) is 0 Å². The minimum absolute atomic E-state index is 0.339. The van der Waals surface area contributed by atoms with E-state index in [1.807, 2.05) is 67.6 Å². The lowest BCUT2D eigenvalue weighted by Gasteiger charge is -2.12. The summed E-state index contributed by atoms with van der Waals surface area (Å²) in [5.41, 5.74) is 5.21. The van der Waals surface area contributed by atoms with E-state index in [1.54, 1.807) is 12.1 Å². The molecule has 3 rings (SSSR count). The first-order valence-electron chi connectivity index (χ1n) is 10.2. The zero-order valence-electron chi connectivity index (χ0n) is 17.6. The van der Waals surface area contributed by atoms with E-state index in [0.29, 0.717) is 17.2 Å². The summed E-state index contributed by atoms with van der Waals surface area (Å²) in [7, 11) is 0. The van der Waals surface area contributed by atoms with Crippen LogP contribution in [0.1, 0.15) is 47.7 Å². The summed E-state index contributed by atoms with van der Waals surface area (Å²) in [6, 6.07) is 22.9. The normalized spacial score (nSPS) is 11.6. The number of rotatable bonds is 7. The fourth-order valence-electron chi connectivity index (χ4n) is 3.18. The largest absolute Gasteiger partial charge is 0.452 e. The lowest BCUT2D eigenvalue weighted by Crippen LogP contribution is -2.21. The Bertz CT molecular complexity index is 1010. The van der Waals surface area contributed by atoms with Crippen LogP contribution in [0.5, 0.6) is 0 Å². The molecule has 0 aromatic heterocycles. The van der Waals surface area contributed by atoms with Crippen LogP contribution in [0.25, 0.3) is 11.1 Å². The molecule has 0 saturated carbocycles. The van der Waals surface area contributed by atoms with Gasteiger partial charge in [-0.1, -0.05) is 74.0 Å². The molecule has 30 heavy (non-hydrogen) atoms. The topological polar surface area (TPSA) is 55.4 Å². The van der Waals surface area contributed by atoms with Gasteiger partial charge in [0, 0.05) is 5.69 Å². The van der Waals surface area contributed by atoms with Gasteiger partial charge < -0.3 is 10.1 Å². The number of ether oxygens (including phenoxy) is 1. The number of hydrogen-bond donors (Lipinski definition) is 1. The lowest BCUT2D eigenvalue weighted by atomic mass is 9.99. The molecule has 0 radical (unpaired) electrons. The second-order valence-corrected chi connectivity index (χ2v) is 7.47. The molecule has 0 heterocycles. The van der Waals surface area contributed by atoms with E-state index in [0.717, 1.165) is 23.1 Å². The van der Waals surface area contributed by atoms with E-state index in [4.69, 9.17) is 4.74 Å². The molecule has 3 aromatic rings. The molecular formula is C26H27NO3. The third kappa shape index (κ3) is 5.35. The minimum atomic E-state index is -0.520. The van der Waals surface area contributed by atoms with Crippen molar-refractivity contribution in [3.8, 4) is 11.1 Å². The molecule has 1 amide bonds. The van der Waals surface area contributed by atoms with Crippen molar-refractivity contribution in [2.75, 3.05) is 11.9 Å². The Morgan fingerprint density at radius 3 is 2.27 bits per heavy atom. The maximum atomic E-state index is 12.6. The van der Waals surface area contributed by atoms with Crippen LogP contribution < -0.4 is 5.32 Å². The number of aryl methyl sites for hydroxylation is 1. The quantitative estimate of drug-likeness (QED) is 0.496. The Morgan fingerprint density at radius 2 is 1.60 bits per heavy atom. The van der Waals surface area contributed by atoms with Crippen molar-refractivity contribution in [2.24, 2.45) is 0 Å². The second-order valence-electron chi connectivity index (χ2n) is 7.47. The van der Waals surface area contributed by atoms with Crippen molar-refractivity contribution >= 4 is 17.6 Å². The number of benzene rings is 3. The van der Waals surface area contributed by atoms with Gasteiger partial charge in [0.25, 0.3) is 5.91 Å². The maximum Gasteiger partial charge on any atom is 0.339 e. The van der Waals surface area contributed by atoms with E-state index in [9.17, 15) is 9.59 Å². The third-order valence-electron chi connectivity index (χ3n) is 5.22. The molecule has 1 unspecified atom stereocenters. The van der Waals surface area contributed by atoms with Crippen LogP contribution in [0.3, 0.4) is 0 Å². The van der Waals surface area contributed by atoms with Crippen LogP contribution in [0, 0.1) is 6.92 Å².